The predicted octanol–water partition coefficient (Wildman–Crippen LogP) is 1.05. The number of aryl methyl sites for hydroxylation is 2. The standard InChI is InChI=1S/C11H20N4O/c1-4-6-8(12)11(16)13-10-7-15(3)14-9(10)5-2/h7-8H,4-6,12H2,1-3H3,(H,13,16)/t8-/m0/s1. The molecule has 0 radical (unpaired) electrons. The first kappa shape index (κ1) is 12.7. The van der Waals surface area contributed by atoms with E-state index in [-0.39, 0.29) is 5.91 Å². The Kier molecular flexibility index (Phi) is 4.49. The molecule has 16 heavy (non-hydrogen) atoms. The first-order valence-electron chi connectivity index (χ1n) is 5.67. The van der Waals surface area contributed by atoms with Crippen molar-refractivity contribution in [1.82, 2.24) is 9.78 Å². The van der Waals surface area contributed by atoms with Crippen LogP contribution >= 0.6 is 0 Å². The predicted molar refractivity (Wildman–Crippen MR) is 64.1 cm³/mol. The van der Waals surface area contributed by atoms with Crippen LogP contribution in [0.4, 0.5) is 5.69 Å². The molecule has 1 aromatic heterocycles. The van der Waals surface area contributed by atoms with Gasteiger partial charge in [-0.1, -0.05) is 20.3 Å². The van der Waals surface area contributed by atoms with Crippen molar-refractivity contribution < 1.29 is 4.79 Å². The molecule has 0 aromatic carbocycles. The molecule has 1 atom stereocenters. The van der Waals surface area contributed by atoms with Gasteiger partial charge in [-0.05, 0) is 12.8 Å². The van der Waals surface area contributed by atoms with E-state index in [2.05, 4.69) is 10.4 Å². The summed E-state index contributed by atoms with van der Waals surface area (Å²) < 4.78 is 1.69. The SMILES string of the molecule is CCC[C@H](N)C(=O)Nc1cn(C)nc1CC. The molecule has 0 aliphatic heterocycles. The number of nitrogens with one attached hydrogen (secondary N) is 1. The molecule has 5 nitrogen and oxygen atoms in total. The summed E-state index contributed by atoms with van der Waals surface area (Å²) in [7, 11) is 1.83. The molecule has 0 saturated heterocycles. The van der Waals surface area contributed by atoms with Gasteiger partial charge in [-0.25, -0.2) is 0 Å². The van der Waals surface area contributed by atoms with E-state index in [1.54, 1.807) is 10.9 Å². The third-order valence-electron chi connectivity index (χ3n) is 2.43. The van der Waals surface area contributed by atoms with Crippen molar-refractivity contribution in [3.8, 4) is 0 Å². The second kappa shape index (κ2) is 5.65. The molecule has 0 aliphatic rings. The average molecular weight is 224 g/mol. The minimum Gasteiger partial charge on any atom is -0.322 e. The van der Waals surface area contributed by atoms with E-state index < -0.39 is 6.04 Å². The highest BCUT2D eigenvalue weighted by molar-refractivity contribution is 5.95. The highest BCUT2D eigenvalue weighted by Gasteiger charge is 2.15. The zero-order valence-electron chi connectivity index (χ0n) is 10.2. The third kappa shape index (κ3) is 3.06. The second-order valence-corrected chi connectivity index (χ2v) is 3.90. The van der Waals surface area contributed by atoms with Crippen LogP contribution in [0.3, 0.4) is 0 Å². The quantitative estimate of drug-likeness (QED) is 0.785. The lowest BCUT2D eigenvalue weighted by atomic mass is 10.1. The molecule has 0 spiro atoms. The first-order chi connectivity index (χ1) is 7.58. The zero-order chi connectivity index (χ0) is 12.1. The lowest BCUT2D eigenvalue weighted by Crippen LogP contribution is -2.35. The topological polar surface area (TPSA) is 72.9 Å². The van der Waals surface area contributed by atoms with Gasteiger partial charge in [0.2, 0.25) is 5.91 Å². The van der Waals surface area contributed by atoms with Crippen LogP contribution in [0.15, 0.2) is 6.20 Å². The fourth-order valence-corrected chi connectivity index (χ4v) is 1.57. The molecule has 0 unspecified atom stereocenters. The van der Waals surface area contributed by atoms with Crippen molar-refractivity contribution in [3.63, 3.8) is 0 Å². The minimum atomic E-state index is -0.435. The second-order valence-electron chi connectivity index (χ2n) is 3.90. The number of nitrogens with two attached hydrogens (primary N) is 1. The van der Waals surface area contributed by atoms with E-state index in [0.29, 0.717) is 6.42 Å². The van der Waals surface area contributed by atoms with Gasteiger partial charge in [0, 0.05) is 13.2 Å². The lowest BCUT2D eigenvalue weighted by Gasteiger charge is -2.10. The number of aromatic nitrogens is 2. The van der Waals surface area contributed by atoms with Gasteiger partial charge < -0.3 is 11.1 Å². The minimum absolute atomic E-state index is 0.135. The van der Waals surface area contributed by atoms with Crippen LogP contribution < -0.4 is 11.1 Å². The number of rotatable bonds is 5. The summed E-state index contributed by atoms with van der Waals surface area (Å²) in [4.78, 5) is 11.7. The lowest BCUT2D eigenvalue weighted by molar-refractivity contribution is -0.117. The maximum absolute atomic E-state index is 11.7. The van der Waals surface area contributed by atoms with Crippen LogP contribution in [-0.4, -0.2) is 21.7 Å². The Morgan fingerprint density at radius 1 is 1.62 bits per heavy atom. The molecular formula is C11H20N4O. The van der Waals surface area contributed by atoms with E-state index in [1.807, 2.05) is 20.9 Å². The third-order valence-corrected chi connectivity index (χ3v) is 2.43. The Labute approximate surface area is 96.0 Å². The van der Waals surface area contributed by atoms with E-state index in [1.165, 1.54) is 0 Å². The van der Waals surface area contributed by atoms with Gasteiger partial charge in [-0.15, -0.1) is 0 Å². The summed E-state index contributed by atoms with van der Waals surface area (Å²) in [5.41, 5.74) is 7.39. The molecule has 1 rings (SSSR count). The molecule has 1 amide bonds. The van der Waals surface area contributed by atoms with Gasteiger partial charge in [-0.3, -0.25) is 9.48 Å². The highest BCUT2D eigenvalue weighted by Crippen LogP contribution is 2.14. The summed E-state index contributed by atoms with van der Waals surface area (Å²) in [6.45, 7) is 4.01. The van der Waals surface area contributed by atoms with Crippen LogP contribution in [0.2, 0.25) is 0 Å². The van der Waals surface area contributed by atoms with Crippen LogP contribution in [0.1, 0.15) is 32.4 Å². The molecule has 1 heterocycles. The Morgan fingerprint density at radius 3 is 2.88 bits per heavy atom. The Morgan fingerprint density at radius 2 is 2.31 bits per heavy atom. The fourth-order valence-electron chi connectivity index (χ4n) is 1.57. The smallest absolute Gasteiger partial charge is 0.241 e. The first-order valence-corrected chi connectivity index (χ1v) is 5.67. The number of nitrogens with zero attached hydrogens (tertiary/aromatic N) is 2. The summed E-state index contributed by atoms with van der Waals surface area (Å²) in [6, 6.07) is -0.435. The van der Waals surface area contributed by atoms with Crippen molar-refractivity contribution in [3.05, 3.63) is 11.9 Å². The Hall–Kier alpha value is -1.36. The van der Waals surface area contributed by atoms with Crippen molar-refractivity contribution in [2.45, 2.75) is 39.2 Å². The molecule has 90 valence electrons. The van der Waals surface area contributed by atoms with E-state index in [9.17, 15) is 4.79 Å². The average Bonchev–Trinajstić information content (AvgIpc) is 2.59. The van der Waals surface area contributed by atoms with Crippen LogP contribution in [0, 0.1) is 0 Å². The van der Waals surface area contributed by atoms with Crippen molar-refractivity contribution in [1.29, 1.82) is 0 Å². The van der Waals surface area contributed by atoms with Crippen LogP contribution in [-0.2, 0) is 18.3 Å². The van der Waals surface area contributed by atoms with Gasteiger partial charge in [0.25, 0.3) is 0 Å². The number of carbonyl (C=O) groups excluding carboxylic acids is 1. The van der Waals surface area contributed by atoms with Gasteiger partial charge in [0.05, 0.1) is 17.4 Å². The van der Waals surface area contributed by atoms with E-state index >= 15 is 0 Å². The number of carbonyl (C=O) groups is 1. The molecule has 0 bridgehead atoms. The molecule has 0 saturated carbocycles. The molecule has 0 fully saturated rings. The van der Waals surface area contributed by atoms with Gasteiger partial charge in [0.15, 0.2) is 0 Å². The fraction of sp³-hybridized carbons (Fsp3) is 0.636. The zero-order valence-corrected chi connectivity index (χ0v) is 10.2. The molecule has 0 aliphatic carbocycles. The van der Waals surface area contributed by atoms with Crippen molar-refractivity contribution >= 4 is 11.6 Å². The maximum atomic E-state index is 11.7. The number of anilines is 1. The normalized spacial score (nSPS) is 12.5. The molecule has 3 N–H and O–H groups in total. The van der Waals surface area contributed by atoms with Gasteiger partial charge in [0.1, 0.15) is 0 Å². The van der Waals surface area contributed by atoms with Crippen molar-refractivity contribution in [2.75, 3.05) is 5.32 Å². The summed E-state index contributed by atoms with van der Waals surface area (Å²) in [6.07, 6.45) is 4.20. The number of hydrogen-bond donors (Lipinski definition) is 2. The Bertz CT molecular complexity index is 359. The van der Waals surface area contributed by atoms with E-state index in [0.717, 1.165) is 24.2 Å². The maximum Gasteiger partial charge on any atom is 0.241 e. The molecule has 5 heteroatoms. The highest BCUT2D eigenvalue weighted by atomic mass is 16.2. The number of amides is 1. The number of hydrogen-bond acceptors (Lipinski definition) is 3. The van der Waals surface area contributed by atoms with E-state index in [4.69, 9.17) is 5.73 Å². The van der Waals surface area contributed by atoms with Gasteiger partial charge in [-0.2, -0.15) is 5.10 Å². The summed E-state index contributed by atoms with van der Waals surface area (Å²) in [5, 5.41) is 7.07. The molecular weight excluding hydrogens is 204 g/mol. The molecule has 1 aromatic rings. The van der Waals surface area contributed by atoms with Crippen LogP contribution in [0.5, 0.6) is 0 Å². The summed E-state index contributed by atoms with van der Waals surface area (Å²) in [5.74, 6) is -0.135. The largest absolute Gasteiger partial charge is 0.322 e. The van der Waals surface area contributed by atoms with Gasteiger partial charge >= 0.3 is 0 Å². The summed E-state index contributed by atoms with van der Waals surface area (Å²) >= 11 is 0. The Balaban J connectivity index is 2.68. The van der Waals surface area contributed by atoms with Crippen LogP contribution in [0.25, 0.3) is 0 Å². The van der Waals surface area contributed by atoms with Crippen molar-refractivity contribution in [2.24, 2.45) is 12.8 Å². The monoisotopic (exact) mass is 224 g/mol.